The molecule has 2 atom stereocenters. The van der Waals surface area contributed by atoms with Crippen molar-refractivity contribution in [1.29, 1.82) is 0 Å². The average molecular weight is 231 g/mol. The molecular formula is C15H21NO. The van der Waals surface area contributed by atoms with Crippen LogP contribution in [-0.4, -0.2) is 29.1 Å². The molecule has 2 nitrogen and oxygen atoms in total. The number of benzene rings is 1. The summed E-state index contributed by atoms with van der Waals surface area (Å²) in [6.07, 6.45) is 6.86. The predicted molar refractivity (Wildman–Crippen MR) is 69.3 cm³/mol. The Morgan fingerprint density at radius 2 is 1.82 bits per heavy atom. The number of hydrogen-bond donors (Lipinski definition) is 1. The number of aromatic hydroxyl groups is 1. The van der Waals surface area contributed by atoms with Crippen molar-refractivity contribution in [3.63, 3.8) is 0 Å². The van der Waals surface area contributed by atoms with Crippen molar-refractivity contribution in [2.45, 2.75) is 44.1 Å². The molecule has 2 aliphatic heterocycles. The number of phenols is 1. The first-order valence-electron chi connectivity index (χ1n) is 6.86. The Balaban J connectivity index is 1.71. The van der Waals surface area contributed by atoms with Gasteiger partial charge >= 0.3 is 0 Å². The zero-order chi connectivity index (χ0) is 11.7. The van der Waals surface area contributed by atoms with Gasteiger partial charge in [0, 0.05) is 12.6 Å². The minimum Gasteiger partial charge on any atom is -0.508 e. The van der Waals surface area contributed by atoms with Gasteiger partial charge in [0.05, 0.1) is 0 Å². The summed E-state index contributed by atoms with van der Waals surface area (Å²) < 4.78 is 0. The van der Waals surface area contributed by atoms with Gasteiger partial charge < -0.3 is 5.11 Å². The lowest BCUT2D eigenvalue weighted by molar-refractivity contribution is 0.0959. The number of phenolic OH excluding ortho intramolecular Hbond substituents is 1. The van der Waals surface area contributed by atoms with Gasteiger partial charge in [0.1, 0.15) is 5.75 Å². The highest BCUT2D eigenvalue weighted by molar-refractivity contribution is 5.29. The standard InChI is InChI=1S/C15H21NO/c17-15-8-5-12(6-9-15)13-4-7-14-3-1-2-10-16(14)11-13/h5-6,8-9,13-14,17H,1-4,7,10-11H2/t13-,14+/m0/s1. The summed E-state index contributed by atoms with van der Waals surface area (Å²) in [6, 6.07) is 8.67. The van der Waals surface area contributed by atoms with Crippen molar-refractivity contribution in [3.05, 3.63) is 29.8 Å². The highest BCUT2D eigenvalue weighted by atomic mass is 16.3. The van der Waals surface area contributed by atoms with Gasteiger partial charge in [-0.25, -0.2) is 0 Å². The fourth-order valence-corrected chi connectivity index (χ4v) is 3.41. The van der Waals surface area contributed by atoms with Crippen LogP contribution in [0.1, 0.15) is 43.6 Å². The van der Waals surface area contributed by atoms with E-state index in [-0.39, 0.29) is 0 Å². The molecule has 92 valence electrons. The molecule has 0 aliphatic carbocycles. The maximum Gasteiger partial charge on any atom is 0.115 e. The van der Waals surface area contributed by atoms with E-state index in [9.17, 15) is 5.11 Å². The fourth-order valence-electron chi connectivity index (χ4n) is 3.41. The summed E-state index contributed by atoms with van der Waals surface area (Å²) in [5.74, 6) is 1.05. The smallest absolute Gasteiger partial charge is 0.115 e. The molecule has 1 aromatic rings. The van der Waals surface area contributed by atoms with Crippen molar-refractivity contribution >= 4 is 0 Å². The molecule has 0 amide bonds. The van der Waals surface area contributed by atoms with Crippen LogP contribution in [0.4, 0.5) is 0 Å². The predicted octanol–water partition coefficient (Wildman–Crippen LogP) is 3.12. The van der Waals surface area contributed by atoms with Crippen LogP contribution in [-0.2, 0) is 0 Å². The number of piperidine rings is 2. The van der Waals surface area contributed by atoms with Crippen molar-refractivity contribution in [1.82, 2.24) is 4.90 Å². The average Bonchev–Trinajstić information content (AvgIpc) is 2.39. The van der Waals surface area contributed by atoms with Crippen LogP contribution in [0.25, 0.3) is 0 Å². The topological polar surface area (TPSA) is 23.5 Å². The third kappa shape index (κ3) is 2.32. The lowest BCUT2D eigenvalue weighted by atomic mass is 9.84. The van der Waals surface area contributed by atoms with Gasteiger partial charge in [-0.3, -0.25) is 4.90 Å². The molecule has 0 unspecified atom stereocenters. The SMILES string of the molecule is Oc1ccc([C@H]2CC[C@H]3CCCCN3C2)cc1. The number of fused-ring (bicyclic) bond motifs is 1. The van der Waals surface area contributed by atoms with E-state index in [1.165, 1.54) is 50.8 Å². The van der Waals surface area contributed by atoms with Crippen LogP contribution in [0.2, 0.25) is 0 Å². The Kier molecular flexibility index (Phi) is 3.06. The zero-order valence-electron chi connectivity index (χ0n) is 10.3. The Morgan fingerprint density at radius 1 is 1.00 bits per heavy atom. The van der Waals surface area contributed by atoms with Crippen LogP contribution >= 0.6 is 0 Å². The van der Waals surface area contributed by atoms with Gasteiger partial charge in [-0.05, 0) is 55.8 Å². The Hall–Kier alpha value is -1.02. The first kappa shape index (κ1) is 11.1. The molecule has 3 rings (SSSR count). The Morgan fingerprint density at radius 3 is 2.65 bits per heavy atom. The highest BCUT2D eigenvalue weighted by Gasteiger charge is 2.30. The van der Waals surface area contributed by atoms with Crippen LogP contribution in [0.5, 0.6) is 5.75 Å². The van der Waals surface area contributed by atoms with E-state index in [2.05, 4.69) is 17.0 Å². The molecule has 0 spiro atoms. The molecule has 0 radical (unpaired) electrons. The normalized spacial score (nSPS) is 29.9. The van der Waals surface area contributed by atoms with Gasteiger partial charge in [0.2, 0.25) is 0 Å². The molecular weight excluding hydrogens is 210 g/mol. The minimum absolute atomic E-state index is 0.375. The van der Waals surface area contributed by atoms with Crippen molar-refractivity contribution < 1.29 is 5.11 Å². The van der Waals surface area contributed by atoms with Crippen molar-refractivity contribution in [3.8, 4) is 5.75 Å². The van der Waals surface area contributed by atoms with E-state index >= 15 is 0 Å². The van der Waals surface area contributed by atoms with E-state index in [1.54, 1.807) is 0 Å². The molecule has 1 N–H and O–H groups in total. The largest absolute Gasteiger partial charge is 0.508 e. The van der Waals surface area contributed by atoms with E-state index in [0.29, 0.717) is 11.7 Å². The Bertz CT molecular complexity index is 373. The quantitative estimate of drug-likeness (QED) is 0.802. The summed E-state index contributed by atoms with van der Waals surface area (Å²) in [5.41, 5.74) is 1.40. The summed E-state index contributed by atoms with van der Waals surface area (Å²) in [4.78, 5) is 2.69. The maximum atomic E-state index is 9.33. The zero-order valence-corrected chi connectivity index (χ0v) is 10.3. The monoisotopic (exact) mass is 231 g/mol. The number of rotatable bonds is 1. The van der Waals surface area contributed by atoms with Gasteiger partial charge in [0.15, 0.2) is 0 Å². The van der Waals surface area contributed by atoms with Gasteiger partial charge in [-0.2, -0.15) is 0 Å². The molecule has 1 aromatic carbocycles. The van der Waals surface area contributed by atoms with Crippen LogP contribution < -0.4 is 0 Å². The van der Waals surface area contributed by atoms with Crippen molar-refractivity contribution in [2.24, 2.45) is 0 Å². The number of nitrogens with zero attached hydrogens (tertiary/aromatic N) is 1. The molecule has 0 saturated carbocycles. The molecule has 2 aliphatic rings. The molecule has 2 heteroatoms. The summed E-state index contributed by atoms with van der Waals surface area (Å²) in [7, 11) is 0. The second-order valence-corrected chi connectivity index (χ2v) is 5.51. The van der Waals surface area contributed by atoms with E-state index < -0.39 is 0 Å². The maximum absolute atomic E-state index is 9.33. The first-order chi connectivity index (χ1) is 8.33. The summed E-state index contributed by atoms with van der Waals surface area (Å²) >= 11 is 0. The van der Waals surface area contributed by atoms with E-state index in [4.69, 9.17) is 0 Å². The molecule has 17 heavy (non-hydrogen) atoms. The lowest BCUT2D eigenvalue weighted by Gasteiger charge is -2.42. The van der Waals surface area contributed by atoms with Crippen molar-refractivity contribution in [2.75, 3.05) is 13.1 Å². The highest BCUT2D eigenvalue weighted by Crippen LogP contribution is 2.34. The van der Waals surface area contributed by atoms with Crippen LogP contribution in [0, 0.1) is 0 Å². The molecule has 0 aromatic heterocycles. The Labute approximate surface area is 103 Å². The fraction of sp³-hybridized carbons (Fsp3) is 0.600. The van der Waals surface area contributed by atoms with Crippen LogP contribution in [0.3, 0.4) is 0 Å². The molecule has 2 heterocycles. The third-order valence-electron chi connectivity index (χ3n) is 4.42. The van der Waals surface area contributed by atoms with Gasteiger partial charge in [-0.15, -0.1) is 0 Å². The van der Waals surface area contributed by atoms with Gasteiger partial charge in [-0.1, -0.05) is 18.6 Å². The third-order valence-corrected chi connectivity index (χ3v) is 4.42. The number of hydrogen-bond acceptors (Lipinski definition) is 2. The second-order valence-electron chi connectivity index (χ2n) is 5.51. The molecule has 0 bridgehead atoms. The second kappa shape index (κ2) is 4.69. The van der Waals surface area contributed by atoms with Gasteiger partial charge in [0.25, 0.3) is 0 Å². The van der Waals surface area contributed by atoms with Crippen LogP contribution in [0.15, 0.2) is 24.3 Å². The lowest BCUT2D eigenvalue weighted by Crippen LogP contribution is -2.45. The molecule has 2 saturated heterocycles. The molecule has 2 fully saturated rings. The summed E-state index contributed by atoms with van der Waals surface area (Å²) in [6.45, 7) is 2.51. The summed E-state index contributed by atoms with van der Waals surface area (Å²) in [5, 5.41) is 9.33. The van der Waals surface area contributed by atoms with E-state index in [0.717, 1.165) is 6.04 Å². The minimum atomic E-state index is 0.375. The van der Waals surface area contributed by atoms with E-state index in [1.807, 2.05) is 12.1 Å². The first-order valence-corrected chi connectivity index (χ1v) is 6.86.